The predicted molar refractivity (Wildman–Crippen MR) is 77.0 cm³/mol. The summed E-state index contributed by atoms with van der Waals surface area (Å²) in [6, 6.07) is 7.86. The minimum Gasteiger partial charge on any atom is -0.392 e. The second kappa shape index (κ2) is 7.16. The van der Waals surface area contributed by atoms with Crippen molar-refractivity contribution >= 4 is 11.6 Å². The minimum atomic E-state index is -0.233. The molecule has 0 saturated heterocycles. The Bertz CT molecular complexity index is 356. The van der Waals surface area contributed by atoms with Gasteiger partial charge in [-0.2, -0.15) is 0 Å². The first-order valence-electron chi connectivity index (χ1n) is 7.19. The van der Waals surface area contributed by atoms with Gasteiger partial charge in [-0.3, -0.25) is 0 Å². The van der Waals surface area contributed by atoms with E-state index in [0.29, 0.717) is 12.3 Å². The fourth-order valence-electron chi connectivity index (χ4n) is 2.93. The summed E-state index contributed by atoms with van der Waals surface area (Å²) in [7, 11) is 0. The van der Waals surface area contributed by atoms with Gasteiger partial charge in [-0.1, -0.05) is 61.9 Å². The number of aliphatic hydroxyl groups is 1. The molecule has 1 fully saturated rings. The van der Waals surface area contributed by atoms with Gasteiger partial charge in [0.05, 0.1) is 6.10 Å². The molecule has 1 unspecified atom stereocenters. The van der Waals surface area contributed by atoms with Crippen molar-refractivity contribution in [1.29, 1.82) is 0 Å². The third-order valence-electron chi connectivity index (χ3n) is 4.08. The highest BCUT2D eigenvalue weighted by Gasteiger charge is 2.20. The van der Waals surface area contributed by atoms with Crippen molar-refractivity contribution in [3.05, 3.63) is 34.9 Å². The monoisotopic (exact) mass is 266 g/mol. The highest BCUT2D eigenvalue weighted by Crippen LogP contribution is 2.27. The van der Waals surface area contributed by atoms with Crippen LogP contribution in [0.1, 0.15) is 50.5 Å². The van der Waals surface area contributed by atoms with Crippen LogP contribution >= 0.6 is 11.6 Å². The van der Waals surface area contributed by atoms with Crippen molar-refractivity contribution in [1.82, 2.24) is 0 Å². The van der Waals surface area contributed by atoms with Gasteiger partial charge in [0.2, 0.25) is 0 Å². The molecule has 1 nitrogen and oxygen atoms in total. The van der Waals surface area contributed by atoms with Gasteiger partial charge < -0.3 is 5.11 Å². The molecule has 1 N–H and O–H groups in total. The summed E-state index contributed by atoms with van der Waals surface area (Å²) in [6.45, 7) is 0. The van der Waals surface area contributed by atoms with Crippen LogP contribution in [0.5, 0.6) is 0 Å². The Balaban J connectivity index is 1.93. The minimum absolute atomic E-state index is 0.233. The highest BCUT2D eigenvalue weighted by atomic mass is 35.5. The Morgan fingerprint density at radius 3 is 2.33 bits per heavy atom. The zero-order chi connectivity index (χ0) is 12.8. The Kier molecular flexibility index (Phi) is 5.52. The molecular weight excluding hydrogens is 244 g/mol. The quantitative estimate of drug-likeness (QED) is 0.847. The molecule has 0 amide bonds. The average Bonchev–Trinajstić information content (AvgIpc) is 2.31. The van der Waals surface area contributed by atoms with Gasteiger partial charge in [0.15, 0.2) is 0 Å². The lowest BCUT2D eigenvalue weighted by atomic mass is 9.85. The zero-order valence-electron chi connectivity index (χ0n) is 10.9. The average molecular weight is 267 g/mol. The van der Waals surface area contributed by atoms with Crippen molar-refractivity contribution in [2.24, 2.45) is 5.92 Å². The molecule has 0 radical (unpaired) electrons. The molecule has 0 bridgehead atoms. The lowest BCUT2D eigenvalue weighted by molar-refractivity contribution is 0.0913. The van der Waals surface area contributed by atoms with Gasteiger partial charge in [-0.15, -0.1) is 0 Å². The van der Waals surface area contributed by atoms with Crippen LogP contribution in [0.15, 0.2) is 24.3 Å². The number of halogens is 1. The molecule has 1 aromatic carbocycles. The lowest BCUT2D eigenvalue weighted by Crippen LogP contribution is -2.24. The molecule has 0 heterocycles. The smallest absolute Gasteiger partial charge is 0.0609 e. The van der Waals surface area contributed by atoms with E-state index in [9.17, 15) is 5.11 Å². The molecule has 1 aromatic rings. The highest BCUT2D eigenvalue weighted by molar-refractivity contribution is 6.31. The van der Waals surface area contributed by atoms with Crippen LogP contribution in [0.3, 0.4) is 0 Å². The lowest BCUT2D eigenvalue weighted by Gasteiger charge is -2.25. The number of hydrogen-bond acceptors (Lipinski definition) is 1. The van der Waals surface area contributed by atoms with E-state index in [0.717, 1.165) is 10.6 Å². The van der Waals surface area contributed by atoms with Crippen LogP contribution in [0, 0.1) is 5.92 Å². The molecule has 18 heavy (non-hydrogen) atoms. The summed E-state index contributed by atoms with van der Waals surface area (Å²) in [5.41, 5.74) is 1.08. The standard InChI is InChI=1S/C16H23ClO/c17-15-11-7-6-10-14(15)12-16(18)13-8-4-2-1-3-5-9-13/h6-7,10-11,13,16,18H,1-5,8-9,12H2. The van der Waals surface area contributed by atoms with E-state index in [2.05, 4.69) is 0 Å². The molecule has 0 spiro atoms. The van der Waals surface area contributed by atoms with Crippen molar-refractivity contribution in [2.45, 2.75) is 57.5 Å². The largest absolute Gasteiger partial charge is 0.392 e. The molecule has 0 aliphatic heterocycles. The van der Waals surface area contributed by atoms with Gasteiger partial charge in [0.25, 0.3) is 0 Å². The first-order valence-corrected chi connectivity index (χ1v) is 7.56. The molecular formula is C16H23ClO. The van der Waals surface area contributed by atoms with Crippen LogP contribution in [0.25, 0.3) is 0 Å². The molecule has 1 saturated carbocycles. The molecule has 2 heteroatoms. The summed E-state index contributed by atoms with van der Waals surface area (Å²) in [5, 5.41) is 11.2. The maximum Gasteiger partial charge on any atom is 0.0609 e. The van der Waals surface area contributed by atoms with E-state index >= 15 is 0 Å². The van der Waals surface area contributed by atoms with Crippen molar-refractivity contribution < 1.29 is 5.11 Å². The van der Waals surface area contributed by atoms with Crippen LogP contribution in [0.2, 0.25) is 5.02 Å². The zero-order valence-corrected chi connectivity index (χ0v) is 11.7. The third-order valence-corrected chi connectivity index (χ3v) is 4.45. The molecule has 100 valence electrons. The van der Waals surface area contributed by atoms with Crippen molar-refractivity contribution in [3.8, 4) is 0 Å². The fraction of sp³-hybridized carbons (Fsp3) is 0.625. The first-order chi connectivity index (χ1) is 8.77. The van der Waals surface area contributed by atoms with Gasteiger partial charge in [0, 0.05) is 11.4 Å². The number of benzene rings is 1. The van der Waals surface area contributed by atoms with Gasteiger partial charge in [-0.25, -0.2) is 0 Å². The van der Waals surface area contributed by atoms with Crippen molar-refractivity contribution in [2.75, 3.05) is 0 Å². The Morgan fingerprint density at radius 1 is 1.06 bits per heavy atom. The predicted octanol–water partition coefficient (Wildman–Crippen LogP) is 4.60. The summed E-state index contributed by atoms with van der Waals surface area (Å²) >= 11 is 6.15. The third kappa shape index (κ3) is 4.00. The molecule has 1 atom stereocenters. The normalized spacial score (nSPS) is 20.1. The Labute approximate surface area is 115 Å². The van der Waals surface area contributed by atoms with E-state index in [1.54, 1.807) is 0 Å². The van der Waals surface area contributed by atoms with E-state index in [-0.39, 0.29) is 6.10 Å². The maximum atomic E-state index is 10.4. The molecule has 0 aromatic heterocycles. The molecule has 1 aliphatic rings. The summed E-state index contributed by atoms with van der Waals surface area (Å²) < 4.78 is 0. The fourth-order valence-corrected chi connectivity index (χ4v) is 3.14. The summed E-state index contributed by atoms with van der Waals surface area (Å²) in [4.78, 5) is 0. The molecule has 1 aliphatic carbocycles. The van der Waals surface area contributed by atoms with E-state index < -0.39 is 0 Å². The molecule has 2 rings (SSSR count). The summed E-state index contributed by atoms with van der Waals surface area (Å²) in [5.74, 6) is 0.460. The first kappa shape index (κ1) is 13.9. The van der Waals surface area contributed by atoms with Crippen LogP contribution in [-0.2, 0) is 6.42 Å². The second-order valence-corrected chi connectivity index (χ2v) is 5.88. The maximum absolute atomic E-state index is 10.4. The Morgan fingerprint density at radius 2 is 1.67 bits per heavy atom. The summed E-state index contributed by atoms with van der Waals surface area (Å²) in [6.07, 6.45) is 9.37. The van der Waals surface area contributed by atoms with E-state index in [4.69, 9.17) is 11.6 Å². The van der Waals surface area contributed by atoms with Crippen LogP contribution < -0.4 is 0 Å². The number of hydrogen-bond donors (Lipinski definition) is 1. The number of aliphatic hydroxyl groups excluding tert-OH is 1. The van der Waals surface area contributed by atoms with E-state index in [1.165, 1.54) is 44.9 Å². The van der Waals surface area contributed by atoms with Gasteiger partial charge >= 0.3 is 0 Å². The van der Waals surface area contributed by atoms with Crippen LogP contribution in [0.4, 0.5) is 0 Å². The van der Waals surface area contributed by atoms with Gasteiger partial charge in [0.1, 0.15) is 0 Å². The second-order valence-electron chi connectivity index (χ2n) is 5.47. The number of rotatable bonds is 3. The topological polar surface area (TPSA) is 20.2 Å². The van der Waals surface area contributed by atoms with E-state index in [1.807, 2.05) is 24.3 Å². The Hall–Kier alpha value is -0.530. The van der Waals surface area contributed by atoms with Crippen molar-refractivity contribution in [3.63, 3.8) is 0 Å². The van der Waals surface area contributed by atoms with Gasteiger partial charge in [-0.05, 0) is 30.4 Å². The van der Waals surface area contributed by atoms with Crippen LogP contribution in [-0.4, -0.2) is 11.2 Å². The SMILES string of the molecule is OC(Cc1ccccc1Cl)C1CCCCCCC1.